The first-order valence-electron chi connectivity index (χ1n) is 9.55. The van der Waals surface area contributed by atoms with Crippen molar-refractivity contribution in [3.8, 4) is 0 Å². The van der Waals surface area contributed by atoms with E-state index in [1.54, 1.807) is 6.92 Å². The van der Waals surface area contributed by atoms with E-state index in [-0.39, 0.29) is 11.8 Å². The van der Waals surface area contributed by atoms with Gasteiger partial charge in [-0.3, -0.25) is 14.5 Å². The van der Waals surface area contributed by atoms with Gasteiger partial charge in [0, 0.05) is 6.04 Å². The van der Waals surface area contributed by atoms with Gasteiger partial charge in [0.1, 0.15) is 18.6 Å². The Morgan fingerprint density at radius 1 is 1.30 bits per heavy atom. The summed E-state index contributed by atoms with van der Waals surface area (Å²) in [6, 6.07) is -1.25. The summed E-state index contributed by atoms with van der Waals surface area (Å²) in [4.78, 5) is 39.5. The second kappa shape index (κ2) is 6.98. The SMILES string of the molecule is C[C@H](C1CC1)N(CC(F)(F)F)C(=O)CN1C(=O)N[C@]2(CCCC[C@@H]2C)C1=O. The smallest absolute Gasteiger partial charge is 0.329 e. The number of carbonyl (C=O) groups is 3. The minimum absolute atomic E-state index is 0.0455. The van der Waals surface area contributed by atoms with Crippen molar-refractivity contribution in [1.82, 2.24) is 15.1 Å². The van der Waals surface area contributed by atoms with Gasteiger partial charge in [-0.2, -0.15) is 13.2 Å². The van der Waals surface area contributed by atoms with E-state index in [0.29, 0.717) is 6.42 Å². The highest BCUT2D eigenvalue weighted by Gasteiger charge is 2.55. The van der Waals surface area contributed by atoms with Gasteiger partial charge in [-0.15, -0.1) is 0 Å². The standard InChI is InChI=1S/C18H26F3N3O3/c1-11-5-3-4-8-17(11)15(26)23(16(27)22-17)9-14(25)24(10-18(19,20)21)12(2)13-6-7-13/h11-13H,3-10H2,1-2H3,(H,22,27)/t11-,12+,17-/m0/s1. The molecular formula is C18H26F3N3O3. The van der Waals surface area contributed by atoms with Gasteiger partial charge in [0.15, 0.2) is 0 Å². The van der Waals surface area contributed by atoms with Crippen LogP contribution in [0.5, 0.6) is 0 Å². The van der Waals surface area contributed by atoms with E-state index >= 15 is 0 Å². The number of halogens is 3. The Hall–Kier alpha value is -1.80. The van der Waals surface area contributed by atoms with E-state index in [2.05, 4.69) is 5.32 Å². The number of nitrogens with zero attached hydrogens (tertiary/aromatic N) is 2. The predicted octanol–water partition coefficient (Wildman–Crippen LogP) is 2.68. The van der Waals surface area contributed by atoms with Crippen LogP contribution in [0.2, 0.25) is 0 Å². The molecule has 2 saturated carbocycles. The highest BCUT2D eigenvalue weighted by molar-refractivity contribution is 6.09. The van der Waals surface area contributed by atoms with Crippen LogP contribution in [-0.2, 0) is 9.59 Å². The first kappa shape index (κ1) is 19.9. The molecule has 0 aromatic rings. The van der Waals surface area contributed by atoms with Crippen LogP contribution in [0.1, 0.15) is 52.4 Å². The molecule has 0 aromatic heterocycles. The number of imide groups is 1. The number of hydrogen-bond donors (Lipinski definition) is 1. The van der Waals surface area contributed by atoms with Crippen molar-refractivity contribution in [2.24, 2.45) is 11.8 Å². The molecule has 152 valence electrons. The van der Waals surface area contributed by atoms with Gasteiger partial charge in [0.05, 0.1) is 0 Å². The quantitative estimate of drug-likeness (QED) is 0.735. The molecule has 1 saturated heterocycles. The van der Waals surface area contributed by atoms with Crippen LogP contribution in [0.3, 0.4) is 0 Å². The number of amides is 4. The molecule has 3 aliphatic rings. The number of carbonyl (C=O) groups excluding carboxylic acids is 3. The van der Waals surface area contributed by atoms with Crippen LogP contribution >= 0.6 is 0 Å². The Labute approximate surface area is 156 Å². The third kappa shape index (κ3) is 3.91. The lowest BCUT2D eigenvalue weighted by molar-refractivity contribution is -0.166. The normalized spacial score (nSPS) is 29.8. The number of urea groups is 1. The minimum atomic E-state index is -4.53. The van der Waals surface area contributed by atoms with Crippen molar-refractivity contribution in [3.05, 3.63) is 0 Å². The van der Waals surface area contributed by atoms with Crippen molar-refractivity contribution >= 4 is 17.8 Å². The fourth-order valence-corrected chi connectivity index (χ4v) is 4.35. The van der Waals surface area contributed by atoms with Crippen LogP contribution in [-0.4, -0.2) is 58.5 Å². The van der Waals surface area contributed by atoms with E-state index < -0.39 is 48.7 Å². The highest BCUT2D eigenvalue weighted by atomic mass is 19.4. The number of rotatable bonds is 5. The molecular weight excluding hydrogens is 363 g/mol. The second-order valence-electron chi connectivity index (χ2n) is 8.15. The monoisotopic (exact) mass is 389 g/mol. The fourth-order valence-electron chi connectivity index (χ4n) is 4.35. The lowest BCUT2D eigenvalue weighted by Crippen LogP contribution is -2.54. The minimum Gasteiger partial charge on any atom is -0.329 e. The molecule has 0 radical (unpaired) electrons. The molecule has 1 N–H and O–H groups in total. The van der Waals surface area contributed by atoms with Gasteiger partial charge in [-0.25, -0.2) is 4.79 Å². The van der Waals surface area contributed by atoms with Crippen molar-refractivity contribution in [3.63, 3.8) is 0 Å². The predicted molar refractivity (Wildman–Crippen MR) is 90.6 cm³/mol. The van der Waals surface area contributed by atoms with Gasteiger partial charge in [0.25, 0.3) is 5.91 Å². The summed E-state index contributed by atoms with van der Waals surface area (Å²) in [5, 5.41) is 2.72. The van der Waals surface area contributed by atoms with Crippen LogP contribution in [0.25, 0.3) is 0 Å². The molecule has 0 aromatic carbocycles. The maximum atomic E-state index is 13.0. The summed E-state index contributed by atoms with van der Waals surface area (Å²) in [5.74, 6) is -1.35. The zero-order valence-electron chi connectivity index (χ0n) is 15.6. The Morgan fingerprint density at radius 2 is 1.96 bits per heavy atom. The Bertz CT molecular complexity index is 635. The van der Waals surface area contributed by atoms with E-state index in [0.717, 1.165) is 41.9 Å². The molecule has 9 heteroatoms. The maximum absolute atomic E-state index is 13.0. The third-order valence-corrected chi connectivity index (χ3v) is 6.26. The summed E-state index contributed by atoms with van der Waals surface area (Å²) in [6.45, 7) is 1.46. The van der Waals surface area contributed by atoms with Gasteiger partial charge in [-0.1, -0.05) is 19.8 Å². The molecule has 3 fully saturated rings. The molecule has 1 spiro atoms. The molecule has 3 rings (SSSR count). The zero-order chi connectivity index (χ0) is 20.0. The number of nitrogens with one attached hydrogen (secondary N) is 1. The first-order valence-corrected chi connectivity index (χ1v) is 9.55. The van der Waals surface area contributed by atoms with E-state index in [1.165, 1.54) is 0 Å². The summed E-state index contributed by atoms with van der Waals surface area (Å²) in [7, 11) is 0. The summed E-state index contributed by atoms with van der Waals surface area (Å²) < 4.78 is 38.9. The number of alkyl halides is 3. The lowest BCUT2D eigenvalue weighted by Gasteiger charge is -2.37. The molecule has 4 amide bonds. The number of hydrogen-bond acceptors (Lipinski definition) is 3. The molecule has 1 aliphatic heterocycles. The highest BCUT2D eigenvalue weighted by Crippen LogP contribution is 2.39. The Balaban J connectivity index is 1.74. The summed E-state index contributed by atoms with van der Waals surface area (Å²) >= 11 is 0. The molecule has 6 nitrogen and oxygen atoms in total. The molecule has 3 atom stereocenters. The molecule has 1 heterocycles. The average molecular weight is 389 g/mol. The molecule has 2 aliphatic carbocycles. The fraction of sp³-hybridized carbons (Fsp3) is 0.833. The maximum Gasteiger partial charge on any atom is 0.406 e. The molecule has 0 bridgehead atoms. The summed E-state index contributed by atoms with van der Waals surface area (Å²) in [5.41, 5.74) is -1.02. The molecule has 0 unspecified atom stereocenters. The third-order valence-electron chi connectivity index (χ3n) is 6.26. The second-order valence-corrected chi connectivity index (χ2v) is 8.15. The van der Waals surface area contributed by atoms with Gasteiger partial charge >= 0.3 is 12.2 Å². The van der Waals surface area contributed by atoms with Crippen molar-refractivity contribution in [2.75, 3.05) is 13.1 Å². The van der Waals surface area contributed by atoms with Gasteiger partial charge in [0.2, 0.25) is 5.91 Å². The van der Waals surface area contributed by atoms with Gasteiger partial charge in [-0.05, 0) is 44.4 Å². The Kier molecular flexibility index (Phi) is 5.16. The van der Waals surface area contributed by atoms with Crippen molar-refractivity contribution in [1.29, 1.82) is 0 Å². The van der Waals surface area contributed by atoms with Crippen LogP contribution in [0.4, 0.5) is 18.0 Å². The zero-order valence-corrected chi connectivity index (χ0v) is 15.6. The van der Waals surface area contributed by atoms with Crippen LogP contribution in [0.15, 0.2) is 0 Å². The van der Waals surface area contributed by atoms with Crippen molar-refractivity contribution in [2.45, 2.75) is 70.1 Å². The van der Waals surface area contributed by atoms with Gasteiger partial charge < -0.3 is 10.2 Å². The van der Waals surface area contributed by atoms with Crippen molar-refractivity contribution < 1.29 is 27.6 Å². The van der Waals surface area contributed by atoms with E-state index in [9.17, 15) is 27.6 Å². The Morgan fingerprint density at radius 3 is 2.52 bits per heavy atom. The molecule has 27 heavy (non-hydrogen) atoms. The lowest BCUT2D eigenvalue weighted by atomic mass is 9.73. The van der Waals surface area contributed by atoms with Crippen LogP contribution in [0, 0.1) is 11.8 Å². The topological polar surface area (TPSA) is 69.7 Å². The summed E-state index contributed by atoms with van der Waals surface area (Å²) in [6.07, 6.45) is 0.0650. The van der Waals surface area contributed by atoms with Crippen LogP contribution < -0.4 is 5.32 Å². The van der Waals surface area contributed by atoms with E-state index in [4.69, 9.17) is 0 Å². The average Bonchev–Trinajstić information content (AvgIpc) is 3.39. The largest absolute Gasteiger partial charge is 0.406 e. The van der Waals surface area contributed by atoms with E-state index in [1.807, 2.05) is 6.92 Å². The first-order chi connectivity index (χ1) is 12.5.